The Hall–Kier alpha value is -1.28. The van der Waals surface area contributed by atoms with Crippen LogP contribution in [0.25, 0.3) is 6.08 Å². The van der Waals surface area contributed by atoms with Crippen molar-refractivity contribution in [1.29, 1.82) is 0 Å². The Bertz CT molecular complexity index is 400. The Morgan fingerprint density at radius 1 is 1.33 bits per heavy atom. The molecule has 0 saturated carbocycles. The molecule has 0 amide bonds. The molecule has 0 fully saturated rings. The number of aliphatic hydroxyl groups is 1. The van der Waals surface area contributed by atoms with Crippen molar-refractivity contribution in [3.63, 3.8) is 0 Å². The molecular formula is C16H24O2. The van der Waals surface area contributed by atoms with Gasteiger partial charge in [0.25, 0.3) is 0 Å². The summed E-state index contributed by atoms with van der Waals surface area (Å²) >= 11 is 0. The molecule has 0 atom stereocenters. The second-order valence-electron chi connectivity index (χ2n) is 5.35. The third-order valence-electron chi connectivity index (χ3n) is 2.84. The van der Waals surface area contributed by atoms with Gasteiger partial charge in [-0.05, 0) is 52.2 Å². The van der Waals surface area contributed by atoms with Gasteiger partial charge in [0.2, 0.25) is 0 Å². The van der Waals surface area contributed by atoms with Crippen LogP contribution in [0, 0.1) is 6.92 Å². The molecule has 0 bridgehead atoms. The second-order valence-corrected chi connectivity index (χ2v) is 5.35. The number of hydrogen-bond donors (Lipinski definition) is 1. The smallest absolute Gasteiger partial charge is 0.126 e. The predicted molar refractivity (Wildman–Crippen MR) is 76.9 cm³/mol. The number of hydrogen-bond acceptors (Lipinski definition) is 2. The quantitative estimate of drug-likeness (QED) is 0.772. The molecule has 0 spiro atoms. The maximum absolute atomic E-state index is 9.61. The van der Waals surface area contributed by atoms with Crippen molar-refractivity contribution in [2.24, 2.45) is 0 Å². The molecule has 2 heteroatoms. The van der Waals surface area contributed by atoms with Gasteiger partial charge in [-0.15, -0.1) is 0 Å². The van der Waals surface area contributed by atoms with E-state index in [-0.39, 0.29) is 0 Å². The minimum absolute atomic E-state index is 0.561. The predicted octanol–water partition coefficient (Wildman–Crippen LogP) is 3.96. The number of rotatable bonds is 6. The lowest BCUT2D eigenvalue weighted by Gasteiger charge is -2.15. The van der Waals surface area contributed by atoms with Crippen molar-refractivity contribution < 1.29 is 9.84 Å². The summed E-state index contributed by atoms with van der Waals surface area (Å²) < 4.78 is 5.32. The van der Waals surface area contributed by atoms with Gasteiger partial charge in [0.1, 0.15) is 5.75 Å². The van der Waals surface area contributed by atoms with E-state index in [9.17, 15) is 5.11 Å². The lowest BCUT2D eigenvalue weighted by molar-refractivity contribution is 0.0691. The number of methoxy groups -OCH3 is 1. The maximum atomic E-state index is 9.61. The number of aryl methyl sites for hydroxylation is 1. The van der Waals surface area contributed by atoms with E-state index in [4.69, 9.17) is 4.74 Å². The highest BCUT2D eigenvalue weighted by Crippen LogP contribution is 2.21. The zero-order valence-electron chi connectivity index (χ0n) is 11.9. The van der Waals surface area contributed by atoms with Crippen LogP contribution in [-0.2, 0) is 0 Å². The van der Waals surface area contributed by atoms with Crippen LogP contribution in [0.4, 0.5) is 0 Å². The average molecular weight is 248 g/mol. The van der Waals surface area contributed by atoms with Crippen molar-refractivity contribution in [3.05, 3.63) is 35.4 Å². The summed E-state index contributed by atoms with van der Waals surface area (Å²) in [6, 6.07) is 6.15. The SMILES string of the molecule is COc1ccc(C)cc1/C=C/CCCC(C)(C)O. The summed E-state index contributed by atoms with van der Waals surface area (Å²) in [5, 5.41) is 9.61. The molecule has 1 aromatic carbocycles. The number of allylic oxidation sites excluding steroid dienone is 1. The highest BCUT2D eigenvalue weighted by atomic mass is 16.5. The second kappa shape index (κ2) is 6.60. The van der Waals surface area contributed by atoms with Crippen molar-refractivity contribution in [1.82, 2.24) is 0 Å². The highest BCUT2D eigenvalue weighted by Gasteiger charge is 2.10. The van der Waals surface area contributed by atoms with Gasteiger partial charge in [0, 0.05) is 5.56 Å². The fourth-order valence-electron chi connectivity index (χ4n) is 1.85. The summed E-state index contributed by atoms with van der Waals surface area (Å²) in [6.45, 7) is 5.77. The summed E-state index contributed by atoms with van der Waals surface area (Å²) in [7, 11) is 1.69. The van der Waals surface area contributed by atoms with E-state index in [1.54, 1.807) is 7.11 Å². The Kier molecular flexibility index (Phi) is 5.42. The van der Waals surface area contributed by atoms with Gasteiger partial charge in [-0.2, -0.15) is 0 Å². The van der Waals surface area contributed by atoms with E-state index in [1.807, 2.05) is 26.0 Å². The minimum atomic E-state index is -0.561. The number of benzene rings is 1. The first-order chi connectivity index (χ1) is 8.42. The van der Waals surface area contributed by atoms with Gasteiger partial charge in [-0.25, -0.2) is 0 Å². The summed E-state index contributed by atoms with van der Waals surface area (Å²) in [6.07, 6.45) is 7.02. The zero-order chi connectivity index (χ0) is 13.6. The Morgan fingerprint density at radius 3 is 2.67 bits per heavy atom. The summed E-state index contributed by atoms with van der Waals surface area (Å²) in [5.41, 5.74) is 1.78. The van der Waals surface area contributed by atoms with Crippen LogP contribution < -0.4 is 4.74 Å². The van der Waals surface area contributed by atoms with Crippen molar-refractivity contribution in [2.45, 2.75) is 45.6 Å². The molecule has 0 saturated heterocycles. The molecule has 0 aliphatic heterocycles. The molecule has 0 aliphatic rings. The third kappa shape index (κ3) is 5.37. The molecule has 0 aliphatic carbocycles. The van der Waals surface area contributed by atoms with E-state index in [1.165, 1.54) is 5.56 Å². The van der Waals surface area contributed by atoms with Crippen molar-refractivity contribution in [3.8, 4) is 5.75 Å². The monoisotopic (exact) mass is 248 g/mol. The van der Waals surface area contributed by atoms with Crippen LogP contribution in [0.15, 0.2) is 24.3 Å². The van der Waals surface area contributed by atoms with Crippen molar-refractivity contribution in [2.75, 3.05) is 7.11 Å². The topological polar surface area (TPSA) is 29.5 Å². The van der Waals surface area contributed by atoms with Gasteiger partial charge in [-0.3, -0.25) is 0 Å². The molecule has 18 heavy (non-hydrogen) atoms. The van der Waals surface area contributed by atoms with Crippen molar-refractivity contribution >= 4 is 6.08 Å². The molecule has 0 radical (unpaired) electrons. The first-order valence-corrected chi connectivity index (χ1v) is 6.46. The van der Waals surface area contributed by atoms with E-state index in [0.717, 1.165) is 30.6 Å². The molecule has 0 aromatic heterocycles. The fourth-order valence-corrected chi connectivity index (χ4v) is 1.85. The molecule has 2 nitrogen and oxygen atoms in total. The van der Waals surface area contributed by atoms with Crippen LogP contribution in [0.5, 0.6) is 5.75 Å². The van der Waals surface area contributed by atoms with Crippen LogP contribution in [0.1, 0.15) is 44.2 Å². The summed E-state index contributed by atoms with van der Waals surface area (Å²) in [5.74, 6) is 0.902. The van der Waals surface area contributed by atoms with Gasteiger partial charge < -0.3 is 9.84 Å². The highest BCUT2D eigenvalue weighted by molar-refractivity contribution is 5.58. The van der Waals surface area contributed by atoms with Gasteiger partial charge in [-0.1, -0.05) is 23.8 Å². The zero-order valence-corrected chi connectivity index (χ0v) is 11.9. The first-order valence-electron chi connectivity index (χ1n) is 6.46. The molecule has 0 unspecified atom stereocenters. The Labute approximate surface area is 110 Å². The van der Waals surface area contributed by atoms with Gasteiger partial charge >= 0.3 is 0 Å². The molecule has 0 heterocycles. The fraction of sp³-hybridized carbons (Fsp3) is 0.500. The van der Waals surface area contributed by atoms with Gasteiger partial charge in [0.05, 0.1) is 12.7 Å². The first kappa shape index (κ1) is 14.8. The van der Waals surface area contributed by atoms with E-state index < -0.39 is 5.60 Å². The molecular weight excluding hydrogens is 224 g/mol. The normalized spacial score (nSPS) is 12.1. The minimum Gasteiger partial charge on any atom is -0.496 e. The molecule has 100 valence electrons. The largest absolute Gasteiger partial charge is 0.496 e. The number of unbranched alkanes of at least 4 members (excludes halogenated alkanes) is 1. The lowest BCUT2D eigenvalue weighted by Crippen LogP contribution is -2.17. The number of ether oxygens (including phenoxy) is 1. The molecule has 1 rings (SSSR count). The lowest BCUT2D eigenvalue weighted by atomic mass is 10.0. The van der Waals surface area contributed by atoms with Gasteiger partial charge in [0.15, 0.2) is 0 Å². The van der Waals surface area contributed by atoms with E-state index >= 15 is 0 Å². The average Bonchev–Trinajstić information content (AvgIpc) is 2.27. The van der Waals surface area contributed by atoms with E-state index in [2.05, 4.69) is 25.1 Å². The molecule has 1 N–H and O–H groups in total. The maximum Gasteiger partial charge on any atom is 0.126 e. The Morgan fingerprint density at radius 2 is 2.06 bits per heavy atom. The van der Waals surface area contributed by atoms with Crippen LogP contribution in [0.3, 0.4) is 0 Å². The third-order valence-corrected chi connectivity index (χ3v) is 2.84. The van der Waals surface area contributed by atoms with Crippen LogP contribution in [-0.4, -0.2) is 17.8 Å². The Balaban J connectivity index is 2.54. The van der Waals surface area contributed by atoms with E-state index in [0.29, 0.717) is 0 Å². The standard InChI is InChI=1S/C16H24O2/c1-13-9-10-15(18-4)14(12-13)8-6-5-7-11-16(2,3)17/h6,8-10,12,17H,5,7,11H2,1-4H3/b8-6+. The summed E-state index contributed by atoms with van der Waals surface area (Å²) in [4.78, 5) is 0. The molecule has 1 aromatic rings. The van der Waals surface area contributed by atoms with Crippen LogP contribution >= 0.6 is 0 Å². The van der Waals surface area contributed by atoms with Crippen LogP contribution in [0.2, 0.25) is 0 Å².